The molecule has 0 aromatic heterocycles. The van der Waals surface area contributed by atoms with E-state index < -0.39 is 0 Å². The second-order valence-electron chi connectivity index (χ2n) is 4.67. The monoisotopic (exact) mass is 232 g/mol. The Morgan fingerprint density at radius 3 is 2.65 bits per heavy atom. The topological polar surface area (TPSA) is 24.8 Å². The van der Waals surface area contributed by atoms with Gasteiger partial charge in [-0.1, -0.05) is 6.07 Å². The Balaban J connectivity index is 2.18. The maximum absolute atomic E-state index is 5.34. The molecule has 3 nitrogen and oxygen atoms in total. The second kappa shape index (κ2) is 5.32. The minimum Gasteiger partial charge on any atom is -0.494 e. The van der Waals surface area contributed by atoms with Gasteiger partial charge >= 0.3 is 0 Å². The molecule has 0 amide bonds. The SMILES string of the molecule is C=Nc1ccc(C2CCN(C)CC2)cc1OC. The Hall–Kier alpha value is -1.35. The second-order valence-corrected chi connectivity index (χ2v) is 4.67. The van der Waals surface area contributed by atoms with E-state index in [0.29, 0.717) is 5.92 Å². The molecule has 1 aliphatic rings. The lowest BCUT2D eigenvalue weighted by molar-refractivity contribution is 0.255. The zero-order valence-corrected chi connectivity index (χ0v) is 10.6. The highest BCUT2D eigenvalue weighted by atomic mass is 16.5. The summed E-state index contributed by atoms with van der Waals surface area (Å²) in [6.07, 6.45) is 2.45. The van der Waals surface area contributed by atoms with E-state index in [1.807, 2.05) is 6.07 Å². The summed E-state index contributed by atoms with van der Waals surface area (Å²) in [6, 6.07) is 6.27. The van der Waals surface area contributed by atoms with Crippen molar-refractivity contribution in [1.82, 2.24) is 4.90 Å². The summed E-state index contributed by atoms with van der Waals surface area (Å²) >= 11 is 0. The number of likely N-dealkylation sites (tertiary alicyclic amines) is 1. The van der Waals surface area contributed by atoms with Crippen molar-refractivity contribution >= 4 is 12.4 Å². The van der Waals surface area contributed by atoms with E-state index in [4.69, 9.17) is 4.74 Å². The van der Waals surface area contributed by atoms with Gasteiger partial charge in [-0.3, -0.25) is 4.99 Å². The predicted molar refractivity (Wildman–Crippen MR) is 71.7 cm³/mol. The highest BCUT2D eigenvalue weighted by molar-refractivity contribution is 5.57. The lowest BCUT2D eigenvalue weighted by Crippen LogP contribution is -2.29. The molecule has 17 heavy (non-hydrogen) atoms. The van der Waals surface area contributed by atoms with Gasteiger partial charge in [-0.15, -0.1) is 0 Å². The Morgan fingerprint density at radius 1 is 1.35 bits per heavy atom. The van der Waals surface area contributed by atoms with Gasteiger partial charge < -0.3 is 9.64 Å². The number of benzene rings is 1. The number of aliphatic imine (C=N–C) groups is 1. The van der Waals surface area contributed by atoms with Crippen molar-refractivity contribution in [3.05, 3.63) is 23.8 Å². The van der Waals surface area contributed by atoms with Crippen LogP contribution >= 0.6 is 0 Å². The van der Waals surface area contributed by atoms with E-state index in [9.17, 15) is 0 Å². The molecule has 3 heteroatoms. The number of hydrogen-bond acceptors (Lipinski definition) is 3. The molecule has 0 unspecified atom stereocenters. The molecule has 1 aromatic carbocycles. The number of hydrogen-bond donors (Lipinski definition) is 0. The maximum Gasteiger partial charge on any atom is 0.144 e. The van der Waals surface area contributed by atoms with Crippen LogP contribution in [0.3, 0.4) is 0 Å². The smallest absolute Gasteiger partial charge is 0.144 e. The first-order valence-electron chi connectivity index (χ1n) is 6.08. The molecule has 0 atom stereocenters. The van der Waals surface area contributed by atoms with Crippen LogP contribution in [-0.2, 0) is 0 Å². The van der Waals surface area contributed by atoms with E-state index in [0.717, 1.165) is 11.4 Å². The summed E-state index contributed by atoms with van der Waals surface area (Å²) in [5, 5.41) is 0. The third kappa shape index (κ3) is 2.67. The normalized spacial score (nSPS) is 18.0. The Labute approximate surface area is 103 Å². The van der Waals surface area contributed by atoms with Crippen molar-refractivity contribution in [3.8, 4) is 5.75 Å². The van der Waals surface area contributed by atoms with Gasteiger partial charge in [-0.05, 0) is 63.3 Å². The molecular formula is C14H20N2O. The first kappa shape index (κ1) is 12.1. The number of piperidine rings is 1. The fourth-order valence-corrected chi connectivity index (χ4v) is 2.42. The van der Waals surface area contributed by atoms with Crippen LogP contribution in [0.25, 0.3) is 0 Å². The molecule has 0 N–H and O–H groups in total. The summed E-state index contributed by atoms with van der Waals surface area (Å²) in [5.41, 5.74) is 2.19. The Morgan fingerprint density at radius 2 is 2.06 bits per heavy atom. The molecule has 0 spiro atoms. The summed E-state index contributed by atoms with van der Waals surface area (Å²) < 4.78 is 5.34. The van der Waals surface area contributed by atoms with Crippen molar-refractivity contribution in [2.45, 2.75) is 18.8 Å². The number of ether oxygens (including phenoxy) is 1. The Bertz CT molecular complexity index is 395. The average Bonchev–Trinajstić information content (AvgIpc) is 2.39. The lowest BCUT2D eigenvalue weighted by Gasteiger charge is -2.29. The number of nitrogens with zero attached hydrogens (tertiary/aromatic N) is 2. The average molecular weight is 232 g/mol. The molecule has 0 bridgehead atoms. The van der Waals surface area contributed by atoms with Gasteiger partial charge in [0.05, 0.1) is 7.11 Å². The van der Waals surface area contributed by atoms with Crippen LogP contribution in [-0.4, -0.2) is 38.9 Å². The minimum atomic E-state index is 0.652. The quantitative estimate of drug-likeness (QED) is 0.749. The van der Waals surface area contributed by atoms with Crippen LogP contribution in [0.2, 0.25) is 0 Å². The van der Waals surface area contributed by atoms with E-state index in [1.54, 1.807) is 7.11 Å². The standard InChI is InChI=1S/C14H20N2O/c1-15-13-5-4-12(10-14(13)17-3)11-6-8-16(2)9-7-11/h4-5,10-11H,1,6-9H2,2-3H3. The number of methoxy groups -OCH3 is 1. The highest BCUT2D eigenvalue weighted by Crippen LogP contribution is 2.34. The van der Waals surface area contributed by atoms with Crippen LogP contribution in [0.1, 0.15) is 24.3 Å². The maximum atomic E-state index is 5.34. The first-order valence-corrected chi connectivity index (χ1v) is 6.08. The minimum absolute atomic E-state index is 0.652. The zero-order chi connectivity index (χ0) is 12.3. The van der Waals surface area contributed by atoms with Gasteiger partial charge in [0.2, 0.25) is 0 Å². The van der Waals surface area contributed by atoms with Gasteiger partial charge in [0, 0.05) is 0 Å². The van der Waals surface area contributed by atoms with E-state index in [1.165, 1.54) is 31.5 Å². The van der Waals surface area contributed by atoms with Crippen LogP contribution < -0.4 is 4.74 Å². The fraction of sp³-hybridized carbons (Fsp3) is 0.500. The van der Waals surface area contributed by atoms with E-state index in [2.05, 4.69) is 35.8 Å². The van der Waals surface area contributed by atoms with Gasteiger partial charge in [0.25, 0.3) is 0 Å². The molecule has 1 saturated heterocycles. The zero-order valence-electron chi connectivity index (χ0n) is 10.6. The van der Waals surface area contributed by atoms with Gasteiger partial charge in [-0.25, -0.2) is 0 Å². The Kier molecular flexibility index (Phi) is 3.79. The third-order valence-electron chi connectivity index (χ3n) is 3.56. The molecule has 1 aliphatic heterocycles. The van der Waals surface area contributed by atoms with Crippen LogP contribution in [0.4, 0.5) is 5.69 Å². The third-order valence-corrected chi connectivity index (χ3v) is 3.56. The number of rotatable bonds is 3. The van der Waals surface area contributed by atoms with Crippen molar-refractivity contribution in [2.75, 3.05) is 27.2 Å². The van der Waals surface area contributed by atoms with Gasteiger partial charge in [-0.2, -0.15) is 0 Å². The summed E-state index contributed by atoms with van der Waals surface area (Å²) in [4.78, 5) is 6.34. The molecule has 92 valence electrons. The van der Waals surface area contributed by atoms with Crippen LogP contribution in [0.5, 0.6) is 5.75 Å². The van der Waals surface area contributed by atoms with Gasteiger partial charge in [0.1, 0.15) is 11.4 Å². The molecule has 0 radical (unpaired) electrons. The van der Waals surface area contributed by atoms with Crippen molar-refractivity contribution in [1.29, 1.82) is 0 Å². The van der Waals surface area contributed by atoms with Crippen LogP contribution in [0, 0.1) is 0 Å². The van der Waals surface area contributed by atoms with E-state index >= 15 is 0 Å². The summed E-state index contributed by atoms with van der Waals surface area (Å²) in [7, 11) is 3.87. The molecule has 0 aliphatic carbocycles. The fourth-order valence-electron chi connectivity index (χ4n) is 2.42. The van der Waals surface area contributed by atoms with Crippen LogP contribution in [0.15, 0.2) is 23.2 Å². The molecule has 1 fully saturated rings. The van der Waals surface area contributed by atoms with Crippen molar-refractivity contribution in [2.24, 2.45) is 4.99 Å². The molecule has 2 rings (SSSR count). The van der Waals surface area contributed by atoms with E-state index in [-0.39, 0.29) is 0 Å². The molecule has 0 saturated carbocycles. The lowest BCUT2D eigenvalue weighted by atomic mass is 9.89. The first-order chi connectivity index (χ1) is 8.24. The van der Waals surface area contributed by atoms with Crippen molar-refractivity contribution < 1.29 is 4.74 Å². The molecule has 1 heterocycles. The van der Waals surface area contributed by atoms with Gasteiger partial charge in [0.15, 0.2) is 0 Å². The summed E-state index contributed by atoms with van der Waals surface area (Å²) in [5.74, 6) is 1.48. The largest absolute Gasteiger partial charge is 0.494 e. The summed E-state index contributed by atoms with van der Waals surface area (Å²) in [6.45, 7) is 5.91. The predicted octanol–water partition coefficient (Wildman–Crippen LogP) is 2.84. The highest BCUT2D eigenvalue weighted by Gasteiger charge is 2.19. The van der Waals surface area contributed by atoms with Crippen molar-refractivity contribution in [3.63, 3.8) is 0 Å². The molecule has 1 aromatic rings. The molecular weight excluding hydrogens is 212 g/mol.